The minimum Gasteiger partial charge on any atom is -0.337 e. The molecule has 0 saturated carbocycles. The molecular formula is C21H20N4O. The Morgan fingerprint density at radius 1 is 1.19 bits per heavy atom. The lowest BCUT2D eigenvalue weighted by Gasteiger charge is -2.19. The summed E-state index contributed by atoms with van der Waals surface area (Å²) in [5.41, 5.74) is 3.42. The van der Waals surface area contributed by atoms with Crippen molar-refractivity contribution in [2.45, 2.75) is 12.8 Å². The summed E-state index contributed by atoms with van der Waals surface area (Å²) in [6, 6.07) is 13.4. The number of fused-ring (bicyclic) bond motifs is 1. The zero-order valence-electron chi connectivity index (χ0n) is 14.7. The predicted octanol–water partition coefficient (Wildman–Crippen LogP) is 3.74. The maximum atomic E-state index is 12.8. The van der Waals surface area contributed by atoms with Crippen LogP contribution in [-0.4, -0.2) is 39.0 Å². The van der Waals surface area contributed by atoms with E-state index in [1.807, 2.05) is 37.4 Å². The van der Waals surface area contributed by atoms with Gasteiger partial charge in [0.25, 0.3) is 5.91 Å². The maximum Gasteiger partial charge on any atom is 0.254 e. The molecule has 3 aromatic rings. The number of amides is 1. The molecule has 1 aliphatic rings. The molecule has 1 amide bonds. The molecule has 0 N–H and O–H groups in total. The van der Waals surface area contributed by atoms with Crippen molar-refractivity contribution in [1.82, 2.24) is 19.5 Å². The van der Waals surface area contributed by atoms with Gasteiger partial charge in [-0.1, -0.05) is 48.6 Å². The largest absolute Gasteiger partial charge is 0.337 e. The molecular weight excluding hydrogens is 324 g/mol. The van der Waals surface area contributed by atoms with Gasteiger partial charge in [-0.05, 0) is 30.5 Å². The van der Waals surface area contributed by atoms with E-state index in [1.54, 1.807) is 27.7 Å². The molecule has 1 aromatic carbocycles. The maximum absolute atomic E-state index is 12.8. The van der Waals surface area contributed by atoms with Crippen LogP contribution in [0.4, 0.5) is 0 Å². The Morgan fingerprint density at radius 3 is 2.81 bits per heavy atom. The summed E-state index contributed by atoms with van der Waals surface area (Å²) in [5, 5.41) is 4.48. The molecule has 4 rings (SSSR count). The third-order valence-corrected chi connectivity index (χ3v) is 4.45. The molecule has 0 aliphatic heterocycles. The second-order valence-electron chi connectivity index (χ2n) is 6.44. The molecule has 2 heterocycles. The fourth-order valence-electron chi connectivity index (χ4n) is 3.08. The van der Waals surface area contributed by atoms with Gasteiger partial charge < -0.3 is 4.90 Å². The van der Waals surface area contributed by atoms with E-state index in [4.69, 9.17) is 0 Å². The summed E-state index contributed by atoms with van der Waals surface area (Å²) in [4.78, 5) is 19.1. The smallest absolute Gasteiger partial charge is 0.254 e. The van der Waals surface area contributed by atoms with E-state index in [1.165, 1.54) is 5.57 Å². The summed E-state index contributed by atoms with van der Waals surface area (Å²) in [7, 11) is 1.83. The fourth-order valence-corrected chi connectivity index (χ4v) is 3.08. The van der Waals surface area contributed by atoms with E-state index in [0.717, 1.165) is 18.4 Å². The van der Waals surface area contributed by atoms with Crippen molar-refractivity contribution in [1.29, 1.82) is 0 Å². The Labute approximate surface area is 152 Å². The third kappa shape index (κ3) is 3.28. The number of benzene rings is 1. The summed E-state index contributed by atoms with van der Waals surface area (Å²) < 4.78 is 1.70. The first kappa shape index (κ1) is 16.3. The van der Waals surface area contributed by atoms with Crippen molar-refractivity contribution in [3.8, 4) is 11.4 Å². The Balaban J connectivity index is 1.57. The molecule has 0 fully saturated rings. The molecule has 0 atom stereocenters. The van der Waals surface area contributed by atoms with Gasteiger partial charge in [0.2, 0.25) is 0 Å². The Hall–Kier alpha value is -3.21. The summed E-state index contributed by atoms with van der Waals surface area (Å²) >= 11 is 0. The monoisotopic (exact) mass is 344 g/mol. The highest BCUT2D eigenvalue weighted by atomic mass is 16.2. The number of hydrogen-bond donors (Lipinski definition) is 0. The van der Waals surface area contributed by atoms with E-state index >= 15 is 0 Å². The van der Waals surface area contributed by atoms with E-state index < -0.39 is 0 Å². The van der Waals surface area contributed by atoms with Crippen LogP contribution in [0.5, 0.6) is 0 Å². The van der Waals surface area contributed by atoms with E-state index in [9.17, 15) is 4.79 Å². The van der Waals surface area contributed by atoms with Crippen LogP contribution in [0.3, 0.4) is 0 Å². The van der Waals surface area contributed by atoms with Gasteiger partial charge in [0.1, 0.15) is 0 Å². The number of carbonyl (C=O) groups excluding carboxylic acids is 1. The third-order valence-electron chi connectivity index (χ3n) is 4.45. The number of likely N-dealkylation sites (N-methyl/N-ethyl adjacent to an activating group) is 1. The van der Waals surface area contributed by atoms with Crippen LogP contribution in [0, 0.1) is 0 Å². The van der Waals surface area contributed by atoms with Crippen LogP contribution < -0.4 is 0 Å². The fraction of sp³-hybridized carbons (Fsp3) is 0.190. The van der Waals surface area contributed by atoms with Crippen LogP contribution in [0.15, 0.2) is 72.5 Å². The number of hydrogen-bond acceptors (Lipinski definition) is 3. The number of aromatic nitrogens is 3. The van der Waals surface area contributed by atoms with Crippen molar-refractivity contribution < 1.29 is 4.79 Å². The highest BCUT2D eigenvalue weighted by Gasteiger charge is 2.15. The molecule has 0 saturated heterocycles. The zero-order chi connectivity index (χ0) is 17.9. The predicted molar refractivity (Wildman–Crippen MR) is 102 cm³/mol. The van der Waals surface area contributed by atoms with E-state index in [0.29, 0.717) is 23.6 Å². The van der Waals surface area contributed by atoms with Crippen molar-refractivity contribution in [2.75, 3.05) is 13.6 Å². The average Bonchev–Trinajstić information content (AvgIpc) is 3.12. The van der Waals surface area contributed by atoms with Gasteiger partial charge >= 0.3 is 0 Å². The highest BCUT2D eigenvalue weighted by Crippen LogP contribution is 2.17. The molecule has 130 valence electrons. The molecule has 0 unspecified atom stereocenters. The van der Waals surface area contributed by atoms with E-state index in [2.05, 4.69) is 28.3 Å². The summed E-state index contributed by atoms with van der Waals surface area (Å²) in [5.74, 6) is 0.637. The van der Waals surface area contributed by atoms with Crippen molar-refractivity contribution in [2.24, 2.45) is 0 Å². The minimum absolute atomic E-state index is 0.0170. The second kappa shape index (κ2) is 6.96. The van der Waals surface area contributed by atoms with Gasteiger partial charge in [0.15, 0.2) is 11.5 Å². The number of carbonyl (C=O) groups is 1. The van der Waals surface area contributed by atoms with Gasteiger partial charge in [0.05, 0.1) is 0 Å². The Bertz CT molecular complexity index is 1000. The van der Waals surface area contributed by atoms with Crippen molar-refractivity contribution in [3.05, 3.63) is 78.0 Å². The number of nitrogens with zero attached hydrogens (tertiary/aromatic N) is 4. The molecule has 2 aromatic heterocycles. The number of pyridine rings is 1. The average molecular weight is 344 g/mol. The normalized spacial score (nSPS) is 13.7. The number of rotatable bonds is 4. The molecule has 26 heavy (non-hydrogen) atoms. The van der Waals surface area contributed by atoms with E-state index in [-0.39, 0.29) is 5.91 Å². The van der Waals surface area contributed by atoms with Crippen molar-refractivity contribution in [3.63, 3.8) is 0 Å². The van der Waals surface area contributed by atoms with Gasteiger partial charge in [-0.2, -0.15) is 0 Å². The SMILES string of the molecule is CN(CC1=CCCC=C1)C(=O)c1ccn2nc(-c3ccccc3)nc2c1. The lowest BCUT2D eigenvalue weighted by molar-refractivity contribution is 0.0807. The molecule has 0 radical (unpaired) electrons. The van der Waals surface area contributed by atoms with Crippen LogP contribution in [-0.2, 0) is 0 Å². The van der Waals surface area contributed by atoms with Gasteiger partial charge in [-0.3, -0.25) is 4.79 Å². The zero-order valence-corrected chi connectivity index (χ0v) is 14.7. The molecule has 0 bridgehead atoms. The first-order chi connectivity index (χ1) is 12.7. The summed E-state index contributed by atoms with van der Waals surface area (Å²) in [6.07, 6.45) is 10.4. The van der Waals surface area contributed by atoms with Crippen molar-refractivity contribution >= 4 is 11.6 Å². The topological polar surface area (TPSA) is 50.5 Å². The van der Waals surface area contributed by atoms with Crippen LogP contribution >= 0.6 is 0 Å². The minimum atomic E-state index is -0.0170. The molecule has 5 nitrogen and oxygen atoms in total. The molecule has 5 heteroatoms. The van der Waals surface area contributed by atoms with Gasteiger partial charge in [-0.25, -0.2) is 9.50 Å². The quantitative estimate of drug-likeness (QED) is 0.724. The van der Waals surface area contributed by atoms with Gasteiger partial charge in [0, 0.05) is 30.9 Å². The van der Waals surface area contributed by atoms with Crippen LogP contribution in [0.2, 0.25) is 0 Å². The summed E-state index contributed by atoms with van der Waals surface area (Å²) in [6.45, 7) is 0.614. The van der Waals surface area contributed by atoms with Crippen LogP contribution in [0.25, 0.3) is 17.0 Å². The van der Waals surface area contributed by atoms with Gasteiger partial charge in [-0.15, -0.1) is 5.10 Å². The second-order valence-corrected chi connectivity index (χ2v) is 6.44. The first-order valence-electron chi connectivity index (χ1n) is 8.73. The Morgan fingerprint density at radius 2 is 2.04 bits per heavy atom. The lowest BCUT2D eigenvalue weighted by Crippen LogP contribution is -2.28. The van der Waals surface area contributed by atoms with Crippen LogP contribution in [0.1, 0.15) is 23.2 Å². The first-order valence-corrected chi connectivity index (χ1v) is 8.73. The molecule has 1 aliphatic carbocycles. The number of allylic oxidation sites excluding steroid dienone is 2. The molecule has 0 spiro atoms. The highest BCUT2D eigenvalue weighted by molar-refractivity contribution is 5.95. The lowest BCUT2D eigenvalue weighted by atomic mass is 10.1. The Kier molecular flexibility index (Phi) is 4.35. The standard InChI is InChI=1S/C21H20N4O/c1-24(15-16-8-4-2-5-9-16)21(26)18-12-13-25-19(14-18)22-20(23-25)17-10-6-3-7-11-17/h3-4,6-14H,2,5,15H2,1H3.